The van der Waals surface area contributed by atoms with E-state index in [1.165, 1.54) is 11.8 Å². The number of nitrogens with one attached hydrogen (secondary N) is 1. The summed E-state index contributed by atoms with van der Waals surface area (Å²) in [5, 5.41) is 3.15. The summed E-state index contributed by atoms with van der Waals surface area (Å²) in [4.78, 5) is 14.1. The average Bonchev–Trinajstić information content (AvgIpc) is 2.69. The number of carbonyl (C=O) groups excluding carboxylic acids is 1. The summed E-state index contributed by atoms with van der Waals surface area (Å²) < 4.78 is 22.6. The molecule has 2 aliphatic heterocycles. The third-order valence-corrected chi connectivity index (χ3v) is 7.01. The minimum Gasteiger partial charge on any atom is -0.353 e. The fraction of sp³-hybridized carbons (Fsp3) is 0.917. The van der Waals surface area contributed by atoms with Crippen LogP contribution in [0.25, 0.3) is 0 Å². The van der Waals surface area contributed by atoms with E-state index in [0.29, 0.717) is 12.2 Å². The Hall–Kier alpha value is -0.270. The molecule has 0 radical (unpaired) electrons. The van der Waals surface area contributed by atoms with Crippen molar-refractivity contribution < 1.29 is 13.2 Å². The highest BCUT2D eigenvalue weighted by Crippen LogP contribution is 2.24. The van der Waals surface area contributed by atoms with Gasteiger partial charge in [0.2, 0.25) is 5.91 Å². The second kappa shape index (κ2) is 6.45. The topological polar surface area (TPSA) is 66.5 Å². The van der Waals surface area contributed by atoms with E-state index in [4.69, 9.17) is 0 Å². The van der Waals surface area contributed by atoms with E-state index in [0.717, 1.165) is 25.9 Å². The molecule has 0 aromatic carbocycles. The molecular formula is C12H22N2O3S2. The van der Waals surface area contributed by atoms with Crippen molar-refractivity contribution in [1.82, 2.24) is 10.2 Å². The Morgan fingerprint density at radius 2 is 2.00 bits per heavy atom. The first kappa shape index (κ1) is 15.1. The minimum absolute atomic E-state index is 0.0452. The molecule has 2 fully saturated rings. The first-order chi connectivity index (χ1) is 8.94. The number of hydrogen-bond donors (Lipinski definition) is 1. The smallest absolute Gasteiger partial charge is 0.230 e. The largest absolute Gasteiger partial charge is 0.353 e. The number of piperidine rings is 1. The van der Waals surface area contributed by atoms with Gasteiger partial charge < -0.3 is 10.2 Å². The number of nitrogens with zero attached hydrogens (tertiary/aromatic N) is 1. The van der Waals surface area contributed by atoms with Crippen molar-refractivity contribution in [2.75, 3.05) is 37.4 Å². The van der Waals surface area contributed by atoms with Crippen LogP contribution in [0.4, 0.5) is 0 Å². The van der Waals surface area contributed by atoms with Crippen molar-refractivity contribution in [3.8, 4) is 0 Å². The van der Waals surface area contributed by atoms with E-state index in [2.05, 4.69) is 17.3 Å². The van der Waals surface area contributed by atoms with E-state index >= 15 is 0 Å². The predicted octanol–water partition coefficient (Wildman–Crippen LogP) is 0.117. The summed E-state index contributed by atoms with van der Waals surface area (Å²) in [7, 11) is -0.743. The Balaban J connectivity index is 1.65. The predicted molar refractivity (Wildman–Crippen MR) is 78.2 cm³/mol. The van der Waals surface area contributed by atoms with Gasteiger partial charge in [-0.25, -0.2) is 8.42 Å². The maximum atomic E-state index is 11.8. The van der Waals surface area contributed by atoms with Crippen LogP contribution in [-0.2, 0) is 14.6 Å². The van der Waals surface area contributed by atoms with Gasteiger partial charge in [-0.2, -0.15) is 0 Å². The summed E-state index contributed by atoms with van der Waals surface area (Å²) in [6.45, 7) is 2.05. The molecule has 0 aliphatic carbocycles. The van der Waals surface area contributed by atoms with E-state index in [1.54, 1.807) is 0 Å². The molecule has 0 aromatic heterocycles. The average molecular weight is 306 g/mol. The Morgan fingerprint density at radius 1 is 1.32 bits per heavy atom. The zero-order valence-corrected chi connectivity index (χ0v) is 12.9. The molecule has 2 saturated heterocycles. The van der Waals surface area contributed by atoms with Gasteiger partial charge in [0.05, 0.1) is 17.3 Å². The molecule has 19 heavy (non-hydrogen) atoms. The van der Waals surface area contributed by atoms with Gasteiger partial charge in [-0.15, -0.1) is 11.8 Å². The van der Waals surface area contributed by atoms with Gasteiger partial charge in [-0.1, -0.05) is 0 Å². The van der Waals surface area contributed by atoms with Gasteiger partial charge in [0.15, 0.2) is 9.84 Å². The third kappa shape index (κ3) is 4.96. The molecule has 1 atom stereocenters. The number of carbonyl (C=O) groups is 1. The van der Waals surface area contributed by atoms with Crippen LogP contribution in [0.1, 0.15) is 19.3 Å². The first-order valence-corrected chi connectivity index (χ1v) is 9.61. The number of amides is 1. The maximum Gasteiger partial charge on any atom is 0.230 e. The summed E-state index contributed by atoms with van der Waals surface area (Å²) in [6, 6.07) is 0.289. The van der Waals surface area contributed by atoms with E-state index in [9.17, 15) is 13.2 Å². The highest BCUT2D eigenvalue weighted by Gasteiger charge is 2.28. The zero-order chi connectivity index (χ0) is 13.9. The van der Waals surface area contributed by atoms with E-state index < -0.39 is 9.84 Å². The van der Waals surface area contributed by atoms with Crippen molar-refractivity contribution in [1.29, 1.82) is 0 Å². The van der Waals surface area contributed by atoms with Crippen LogP contribution in [0.3, 0.4) is 0 Å². The second-order valence-corrected chi connectivity index (χ2v) is 9.00. The molecule has 0 spiro atoms. The molecule has 5 nitrogen and oxygen atoms in total. The number of likely N-dealkylation sites (tertiary alicyclic amines) is 1. The van der Waals surface area contributed by atoms with Crippen LogP contribution in [0, 0.1) is 0 Å². The molecule has 1 N–H and O–H groups in total. The van der Waals surface area contributed by atoms with Gasteiger partial charge in [0.1, 0.15) is 0 Å². The number of thioether (sulfide) groups is 1. The van der Waals surface area contributed by atoms with E-state index in [-0.39, 0.29) is 28.7 Å². The molecule has 2 heterocycles. The Labute approximate surface area is 119 Å². The lowest BCUT2D eigenvalue weighted by Crippen LogP contribution is -2.44. The number of hydrogen-bond acceptors (Lipinski definition) is 5. The van der Waals surface area contributed by atoms with E-state index in [1.807, 2.05) is 0 Å². The molecule has 2 rings (SSSR count). The third-order valence-electron chi connectivity index (χ3n) is 3.72. The highest BCUT2D eigenvalue weighted by atomic mass is 32.2. The van der Waals surface area contributed by atoms with Crippen molar-refractivity contribution in [2.45, 2.75) is 30.6 Å². The van der Waals surface area contributed by atoms with Crippen LogP contribution in [-0.4, -0.2) is 67.9 Å². The molecule has 110 valence electrons. The van der Waals surface area contributed by atoms with Crippen LogP contribution in [0.5, 0.6) is 0 Å². The van der Waals surface area contributed by atoms with Gasteiger partial charge in [-0.05, 0) is 39.4 Å². The van der Waals surface area contributed by atoms with Crippen molar-refractivity contribution >= 4 is 27.5 Å². The molecular weight excluding hydrogens is 284 g/mol. The monoisotopic (exact) mass is 306 g/mol. The second-order valence-electron chi connectivity index (χ2n) is 5.48. The van der Waals surface area contributed by atoms with Gasteiger partial charge >= 0.3 is 0 Å². The quantitative estimate of drug-likeness (QED) is 0.799. The summed E-state index contributed by atoms with van der Waals surface area (Å²) in [5.74, 6) is 0.941. The zero-order valence-electron chi connectivity index (χ0n) is 11.3. The Morgan fingerprint density at radius 3 is 2.58 bits per heavy atom. The van der Waals surface area contributed by atoms with Gasteiger partial charge in [0.25, 0.3) is 0 Å². The fourth-order valence-electron chi connectivity index (χ4n) is 2.51. The fourth-order valence-corrected chi connectivity index (χ4v) is 5.96. The van der Waals surface area contributed by atoms with Crippen LogP contribution >= 0.6 is 11.8 Å². The molecule has 0 bridgehead atoms. The van der Waals surface area contributed by atoms with Crippen molar-refractivity contribution in [3.05, 3.63) is 0 Å². The number of rotatable bonds is 4. The van der Waals surface area contributed by atoms with Crippen LogP contribution < -0.4 is 5.32 Å². The van der Waals surface area contributed by atoms with Crippen molar-refractivity contribution in [2.24, 2.45) is 0 Å². The molecule has 7 heteroatoms. The lowest BCUT2D eigenvalue weighted by molar-refractivity contribution is -0.119. The lowest BCUT2D eigenvalue weighted by Gasteiger charge is -2.29. The Kier molecular flexibility index (Phi) is 5.14. The first-order valence-electron chi connectivity index (χ1n) is 6.74. The van der Waals surface area contributed by atoms with Crippen LogP contribution in [0.15, 0.2) is 0 Å². The van der Waals surface area contributed by atoms with Crippen molar-refractivity contribution in [3.63, 3.8) is 0 Å². The number of sulfone groups is 1. The summed E-state index contributed by atoms with van der Waals surface area (Å²) in [6.07, 6.45) is 2.70. The standard InChI is InChI=1S/C12H22N2O3S2/c1-14-5-2-10(3-6-14)13-12(15)8-18-11-4-7-19(16,17)9-11/h10-11H,2-9H2,1H3,(H,13,15)/t11-/m0/s1. The summed E-state index contributed by atoms with van der Waals surface area (Å²) in [5.41, 5.74) is 0. The molecule has 2 aliphatic rings. The molecule has 1 amide bonds. The van der Waals surface area contributed by atoms with Gasteiger partial charge in [-0.3, -0.25) is 4.79 Å². The Bertz CT molecular complexity index is 417. The SMILES string of the molecule is CN1CCC(NC(=O)CS[C@H]2CCS(=O)(=O)C2)CC1. The van der Waals surface area contributed by atoms with Gasteiger partial charge in [0, 0.05) is 11.3 Å². The molecule has 0 unspecified atom stereocenters. The normalized spacial score (nSPS) is 28.4. The molecule has 0 aromatic rings. The highest BCUT2D eigenvalue weighted by molar-refractivity contribution is 8.02. The maximum absolute atomic E-state index is 11.8. The lowest BCUT2D eigenvalue weighted by atomic mass is 10.1. The van der Waals surface area contributed by atoms with Crippen LogP contribution in [0.2, 0.25) is 0 Å². The summed E-state index contributed by atoms with van der Waals surface area (Å²) >= 11 is 1.48. The molecule has 0 saturated carbocycles. The minimum atomic E-state index is -2.83.